The number of rotatable bonds is 3. The first-order chi connectivity index (χ1) is 9.74. The summed E-state index contributed by atoms with van der Waals surface area (Å²) in [7, 11) is 0. The molecule has 20 heavy (non-hydrogen) atoms. The van der Waals surface area contributed by atoms with Crippen LogP contribution in [0.1, 0.15) is 25.7 Å². The minimum Gasteiger partial charge on any atom is -0.383 e. The lowest BCUT2D eigenvalue weighted by Gasteiger charge is -2.27. The lowest BCUT2D eigenvalue weighted by molar-refractivity contribution is 0.381. The Hall–Kier alpha value is -0.870. The number of anilines is 1. The number of hydrogen-bond acceptors (Lipinski definition) is 3. The molecule has 2 unspecified atom stereocenters. The molecule has 2 aromatic heterocycles. The Morgan fingerprint density at radius 3 is 3.00 bits per heavy atom. The summed E-state index contributed by atoms with van der Waals surface area (Å²) in [4.78, 5) is 8.81. The average Bonchev–Trinajstić information content (AvgIpc) is 2.46. The summed E-state index contributed by atoms with van der Waals surface area (Å²) in [5.74, 6) is 0.545. The minimum absolute atomic E-state index is 0.298. The summed E-state index contributed by atoms with van der Waals surface area (Å²) in [6, 6.07) is 3.97. The summed E-state index contributed by atoms with van der Waals surface area (Å²) in [6.45, 7) is 0.908. The van der Waals surface area contributed by atoms with Crippen LogP contribution in [-0.2, 0) is 0 Å². The zero-order chi connectivity index (χ0) is 13.9. The maximum atomic E-state index is 6.41. The van der Waals surface area contributed by atoms with Crippen LogP contribution in [0.25, 0.3) is 11.0 Å². The third kappa shape index (κ3) is 3.07. The van der Waals surface area contributed by atoms with Gasteiger partial charge in [0.15, 0.2) is 0 Å². The standard InChI is InChI=1S/C15H17BrClN3/c16-11-7-14-15(20-9-11)13(5-6-18-14)19-8-10-3-1-2-4-12(10)17/h5-7,9-10,12H,1-4,8H2,(H,18,19). The van der Waals surface area contributed by atoms with Gasteiger partial charge in [0.1, 0.15) is 5.52 Å². The number of aromatic nitrogens is 2. The van der Waals surface area contributed by atoms with E-state index in [1.807, 2.05) is 18.3 Å². The molecular weight excluding hydrogens is 338 g/mol. The van der Waals surface area contributed by atoms with Crippen molar-refractivity contribution in [1.82, 2.24) is 9.97 Å². The fourth-order valence-electron chi connectivity index (χ4n) is 2.78. The molecule has 0 radical (unpaired) electrons. The van der Waals surface area contributed by atoms with Gasteiger partial charge < -0.3 is 5.32 Å². The van der Waals surface area contributed by atoms with E-state index in [0.717, 1.165) is 34.2 Å². The Bertz CT molecular complexity index is 605. The first kappa shape index (κ1) is 14.1. The fourth-order valence-corrected chi connectivity index (χ4v) is 3.47. The van der Waals surface area contributed by atoms with Crippen molar-refractivity contribution in [2.45, 2.75) is 31.1 Å². The molecule has 3 nitrogen and oxygen atoms in total. The lowest BCUT2D eigenvalue weighted by Crippen LogP contribution is -2.26. The van der Waals surface area contributed by atoms with Gasteiger partial charge >= 0.3 is 0 Å². The number of halogens is 2. The van der Waals surface area contributed by atoms with Crippen molar-refractivity contribution in [2.24, 2.45) is 5.92 Å². The van der Waals surface area contributed by atoms with Gasteiger partial charge in [-0.1, -0.05) is 12.8 Å². The first-order valence-corrected chi connectivity index (χ1v) is 8.25. The van der Waals surface area contributed by atoms with Crippen LogP contribution >= 0.6 is 27.5 Å². The van der Waals surface area contributed by atoms with E-state index in [0.29, 0.717) is 11.3 Å². The highest BCUT2D eigenvalue weighted by atomic mass is 79.9. The predicted octanol–water partition coefficient (Wildman–Crippen LogP) is 4.60. The quantitative estimate of drug-likeness (QED) is 0.818. The third-order valence-electron chi connectivity index (χ3n) is 3.92. The maximum Gasteiger partial charge on any atom is 0.112 e. The van der Waals surface area contributed by atoms with Crippen LogP contribution < -0.4 is 5.32 Å². The molecule has 5 heteroatoms. The molecule has 0 aliphatic heterocycles. The number of pyridine rings is 2. The van der Waals surface area contributed by atoms with Gasteiger partial charge in [-0.2, -0.15) is 0 Å². The molecule has 2 heterocycles. The summed E-state index contributed by atoms with van der Waals surface area (Å²) in [5.41, 5.74) is 2.85. The van der Waals surface area contributed by atoms with Crippen molar-refractivity contribution in [3.8, 4) is 0 Å². The Balaban J connectivity index is 1.77. The highest BCUT2D eigenvalue weighted by molar-refractivity contribution is 9.10. The van der Waals surface area contributed by atoms with Crippen molar-refractivity contribution in [1.29, 1.82) is 0 Å². The van der Waals surface area contributed by atoms with Crippen LogP contribution in [0.15, 0.2) is 29.0 Å². The molecule has 0 amide bonds. The third-order valence-corrected chi connectivity index (χ3v) is 4.92. The Kier molecular flexibility index (Phi) is 4.41. The Morgan fingerprint density at radius 1 is 1.30 bits per heavy atom. The van der Waals surface area contributed by atoms with Crippen molar-refractivity contribution < 1.29 is 0 Å². The van der Waals surface area contributed by atoms with Gasteiger partial charge in [0.2, 0.25) is 0 Å². The van der Waals surface area contributed by atoms with Crippen LogP contribution in [0.4, 0.5) is 5.69 Å². The number of nitrogens with zero attached hydrogens (tertiary/aromatic N) is 2. The molecule has 0 aromatic carbocycles. The largest absolute Gasteiger partial charge is 0.383 e. The van der Waals surface area contributed by atoms with Crippen molar-refractivity contribution >= 4 is 44.3 Å². The lowest BCUT2D eigenvalue weighted by atomic mass is 9.88. The SMILES string of the molecule is ClC1CCCCC1CNc1ccnc2cc(Br)cnc12. The van der Waals surface area contributed by atoms with Gasteiger partial charge in [-0.15, -0.1) is 11.6 Å². The minimum atomic E-state index is 0.298. The van der Waals surface area contributed by atoms with Gasteiger partial charge in [-0.25, -0.2) is 0 Å². The molecule has 0 bridgehead atoms. The van der Waals surface area contributed by atoms with Crippen LogP contribution in [0.3, 0.4) is 0 Å². The number of fused-ring (bicyclic) bond motifs is 1. The maximum absolute atomic E-state index is 6.41. The zero-order valence-electron chi connectivity index (χ0n) is 11.1. The molecular formula is C15H17BrClN3. The van der Waals surface area contributed by atoms with E-state index >= 15 is 0 Å². The highest BCUT2D eigenvalue weighted by Crippen LogP contribution is 2.29. The molecule has 3 rings (SSSR count). The van der Waals surface area contributed by atoms with E-state index < -0.39 is 0 Å². The predicted molar refractivity (Wildman–Crippen MR) is 87.3 cm³/mol. The normalized spacial score (nSPS) is 22.9. The van der Waals surface area contributed by atoms with Gasteiger partial charge in [-0.3, -0.25) is 9.97 Å². The second kappa shape index (κ2) is 6.27. The molecule has 2 aromatic rings. The van der Waals surface area contributed by atoms with E-state index in [1.165, 1.54) is 19.3 Å². The highest BCUT2D eigenvalue weighted by Gasteiger charge is 2.22. The first-order valence-electron chi connectivity index (χ1n) is 7.02. The molecule has 1 N–H and O–H groups in total. The topological polar surface area (TPSA) is 37.8 Å². The molecule has 2 atom stereocenters. The molecule has 0 spiro atoms. The molecule has 1 saturated carbocycles. The molecule has 106 valence electrons. The second-order valence-electron chi connectivity index (χ2n) is 5.32. The zero-order valence-corrected chi connectivity index (χ0v) is 13.5. The van der Waals surface area contributed by atoms with Crippen molar-refractivity contribution in [3.63, 3.8) is 0 Å². The number of alkyl halides is 1. The summed E-state index contributed by atoms with van der Waals surface area (Å²) < 4.78 is 0.947. The van der Waals surface area contributed by atoms with Crippen LogP contribution in [0.5, 0.6) is 0 Å². The fraction of sp³-hybridized carbons (Fsp3) is 0.467. The molecule has 1 aliphatic carbocycles. The van der Waals surface area contributed by atoms with E-state index in [1.54, 1.807) is 6.20 Å². The van der Waals surface area contributed by atoms with Crippen molar-refractivity contribution in [2.75, 3.05) is 11.9 Å². The smallest absolute Gasteiger partial charge is 0.112 e. The van der Waals surface area contributed by atoms with E-state index in [9.17, 15) is 0 Å². The summed E-state index contributed by atoms with van der Waals surface area (Å²) in [6.07, 6.45) is 8.52. The molecule has 1 aliphatic rings. The second-order valence-corrected chi connectivity index (χ2v) is 6.80. The van der Waals surface area contributed by atoms with Crippen LogP contribution in [0, 0.1) is 5.92 Å². The summed E-state index contributed by atoms with van der Waals surface area (Å²) >= 11 is 9.84. The molecule has 1 fully saturated rings. The number of nitrogens with one attached hydrogen (secondary N) is 1. The van der Waals surface area contributed by atoms with Gasteiger partial charge in [0.25, 0.3) is 0 Å². The van der Waals surface area contributed by atoms with E-state index in [4.69, 9.17) is 11.6 Å². The molecule has 0 saturated heterocycles. The van der Waals surface area contributed by atoms with Gasteiger partial charge in [0, 0.05) is 28.8 Å². The van der Waals surface area contributed by atoms with Crippen molar-refractivity contribution in [3.05, 3.63) is 29.0 Å². The van der Waals surface area contributed by atoms with Gasteiger partial charge in [0.05, 0.1) is 11.2 Å². The average molecular weight is 355 g/mol. The van der Waals surface area contributed by atoms with E-state index in [-0.39, 0.29) is 0 Å². The van der Waals surface area contributed by atoms with Crippen LogP contribution in [0.2, 0.25) is 0 Å². The van der Waals surface area contributed by atoms with Gasteiger partial charge in [-0.05, 0) is 46.8 Å². The number of hydrogen-bond donors (Lipinski definition) is 1. The van der Waals surface area contributed by atoms with Crippen LogP contribution in [-0.4, -0.2) is 21.9 Å². The van der Waals surface area contributed by atoms with E-state index in [2.05, 4.69) is 31.2 Å². The summed E-state index contributed by atoms with van der Waals surface area (Å²) in [5, 5.41) is 3.80. The Morgan fingerprint density at radius 2 is 2.15 bits per heavy atom. The Labute approximate surface area is 132 Å². The monoisotopic (exact) mass is 353 g/mol.